The van der Waals surface area contributed by atoms with Crippen LogP contribution in [0.1, 0.15) is 16.1 Å². The molecule has 2 rings (SSSR count). The molecule has 0 aliphatic rings. The zero-order chi connectivity index (χ0) is 11.5. The summed E-state index contributed by atoms with van der Waals surface area (Å²) < 4.78 is 1.52. The lowest BCUT2D eigenvalue weighted by Crippen LogP contribution is -2.02. The Bertz CT molecular complexity index is 525. The van der Waals surface area contributed by atoms with Crippen molar-refractivity contribution in [1.29, 1.82) is 0 Å². The topological polar surface area (TPSA) is 81.1 Å². The molecule has 2 aromatic rings. The van der Waals surface area contributed by atoms with Crippen LogP contribution in [-0.2, 0) is 6.54 Å². The molecule has 0 amide bonds. The summed E-state index contributed by atoms with van der Waals surface area (Å²) >= 11 is 0. The third-order valence-corrected chi connectivity index (χ3v) is 2.22. The summed E-state index contributed by atoms with van der Waals surface area (Å²) in [5.41, 5.74) is 7.33. The highest BCUT2D eigenvalue weighted by molar-refractivity contribution is 5.85. The van der Waals surface area contributed by atoms with Gasteiger partial charge in [-0.1, -0.05) is 12.1 Å². The van der Waals surface area contributed by atoms with Gasteiger partial charge in [-0.05, 0) is 23.8 Å². The molecule has 0 aliphatic heterocycles. The smallest absolute Gasteiger partial charge is 0.356 e. The maximum Gasteiger partial charge on any atom is 0.356 e. The molecule has 0 spiro atoms. The van der Waals surface area contributed by atoms with Gasteiger partial charge in [0.2, 0.25) is 0 Å². The molecule has 0 fully saturated rings. The number of rotatable bonds is 3. The fourth-order valence-corrected chi connectivity index (χ4v) is 1.41. The van der Waals surface area contributed by atoms with E-state index in [1.54, 1.807) is 6.20 Å². The number of aromatic carboxylic acids is 1. The van der Waals surface area contributed by atoms with Gasteiger partial charge in [0.15, 0.2) is 5.69 Å². The summed E-state index contributed by atoms with van der Waals surface area (Å²) in [7, 11) is 0. The Kier molecular flexibility index (Phi) is 4.25. The van der Waals surface area contributed by atoms with Gasteiger partial charge in [0.1, 0.15) is 0 Å². The monoisotopic (exact) mass is 253 g/mol. The summed E-state index contributed by atoms with van der Waals surface area (Å²) in [6.45, 7) is 0.445. The largest absolute Gasteiger partial charge is 0.476 e. The fourth-order valence-electron chi connectivity index (χ4n) is 1.41. The second kappa shape index (κ2) is 5.47. The summed E-state index contributed by atoms with van der Waals surface area (Å²) in [5, 5.41) is 12.7. The van der Waals surface area contributed by atoms with Crippen LogP contribution < -0.4 is 5.73 Å². The number of benzene rings is 1. The molecule has 6 heteroatoms. The van der Waals surface area contributed by atoms with Crippen LogP contribution in [0.25, 0.3) is 5.69 Å². The lowest BCUT2D eigenvalue weighted by molar-refractivity contribution is 0.0690. The Hall–Kier alpha value is -1.85. The van der Waals surface area contributed by atoms with Crippen molar-refractivity contribution in [1.82, 2.24) is 9.78 Å². The molecule has 17 heavy (non-hydrogen) atoms. The van der Waals surface area contributed by atoms with E-state index in [1.807, 2.05) is 24.3 Å². The SMILES string of the molecule is Cl.NCc1cccc(-n2ccc(C(=O)O)n2)c1. The average molecular weight is 254 g/mol. The van der Waals surface area contributed by atoms with Crippen LogP contribution in [0.15, 0.2) is 36.5 Å². The summed E-state index contributed by atoms with van der Waals surface area (Å²) in [5.74, 6) is -1.03. The van der Waals surface area contributed by atoms with Gasteiger partial charge in [-0.2, -0.15) is 5.10 Å². The van der Waals surface area contributed by atoms with Gasteiger partial charge in [0, 0.05) is 12.7 Å². The van der Waals surface area contributed by atoms with Crippen molar-refractivity contribution in [2.24, 2.45) is 5.73 Å². The number of nitrogens with two attached hydrogens (primary N) is 1. The van der Waals surface area contributed by atoms with Gasteiger partial charge in [-0.25, -0.2) is 9.48 Å². The number of carboxylic acid groups (broad SMARTS) is 1. The van der Waals surface area contributed by atoms with Crippen LogP contribution in [-0.4, -0.2) is 20.9 Å². The van der Waals surface area contributed by atoms with E-state index in [1.165, 1.54) is 10.7 Å². The molecule has 1 aromatic carbocycles. The second-order valence-corrected chi connectivity index (χ2v) is 3.32. The highest BCUT2D eigenvalue weighted by Crippen LogP contribution is 2.10. The maximum absolute atomic E-state index is 10.7. The van der Waals surface area contributed by atoms with E-state index in [4.69, 9.17) is 10.8 Å². The molecular formula is C11H12ClN3O2. The van der Waals surface area contributed by atoms with Gasteiger partial charge < -0.3 is 10.8 Å². The molecule has 0 aliphatic carbocycles. The second-order valence-electron chi connectivity index (χ2n) is 3.32. The molecule has 0 radical (unpaired) electrons. The van der Waals surface area contributed by atoms with Crippen molar-refractivity contribution in [3.05, 3.63) is 47.8 Å². The number of carbonyl (C=O) groups is 1. The molecule has 90 valence electrons. The predicted molar refractivity (Wildman–Crippen MR) is 65.7 cm³/mol. The molecule has 0 atom stereocenters. The lowest BCUT2D eigenvalue weighted by atomic mass is 10.2. The van der Waals surface area contributed by atoms with Crippen molar-refractivity contribution in [2.75, 3.05) is 0 Å². The Balaban J connectivity index is 0.00000144. The minimum absolute atomic E-state index is 0. The van der Waals surface area contributed by atoms with Crippen LogP contribution in [0.3, 0.4) is 0 Å². The van der Waals surface area contributed by atoms with Gasteiger partial charge in [-0.3, -0.25) is 0 Å². The van der Waals surface area contributed by atoms with E-state index in [0.29, 0.717) is 6.54 Å². The van der Waals surface area contributed by atoms with Crippen molar-refractivity contribution in [3.8, 4) is 5.69 Å². The third kappa shape index (κ3) is 2.83. The number of aromatic nitrogens is 2. The number of nitrogens with zero attached hydrogens (tertiary/aromatic N) is 2. The first-order chi connectivity index (χ1) is 7.70. The van der Waals surface area contributed by atoms with Crippen LogP contribution >= 0.6 is 12.4 Å². The standard InChI is InChI=1S/C11H11N3O2.ClH/c12-7-8-2-1-3-9(6-8)14-5-4-10(13-14)11(15)16;/h1-6H,7,12H2,(H,15,16);1H. The third-order valence-electron chi connectivity index (χ3n) is 2.22. The van der Waals surface area contributed by atoms with E-state index in [-0.39, 0.29) is 18.1 Å². The van der Waals surface area contributed by atoms with E-state index < -0.39 is 5.97 Å². The van der Waals surface area contributed by atoms with Crippen LogP contribution in [0.2, 0.25) is 0 Å². The molecule has 0 saturated heterocycles. The van der Waals surface area contributed by atoms with Crippen LogP contribution in [0.5, 0.6) is 0 Å². The molecule has 1 heterocycles. The molecule has 3 N–H and O–H groups in total. The molecule has 0 unspecified atom stereocenters. The Morgan fingerprint density at radius 2 is 2.18 bits per heavy atom. The summed E-state index contributed by atoms with van der Waals surface area (Å²) in [6.07, 6.45) is 1.61. The van der Waals surface area contributed by atoms with Crippen molar-refractivity contribution < 1.29 is 9.90 Å². The summed E-state index contributed by atoms with van der Waals surface area (Å²) in [6, 6.07) is 8.94. The van der Waals surface area contributed by atoms with E-state index >= 15 is 0 Å². The van der Waals surface area contributed by atoms with Crippen LogP contribution in [0.4, 0.5) is 0 Å². The number of hydrogen-bond donors (Lipinski definition) is 2. The number of carboxylic acids is 1. The number of hydrogen-bond acceptors (Lipinski definition) is 3. The zero-order valence-corrected chi connectivity index (χ0v) is 9.72. The van der Waals surface area contributed by atoms with E-state index in [9.17, 15) is 4.79 Å². The van der Waals surface area contributed by atoms with Gasteiger partial charge in [-0.15, -0.1) is 12.4 Å². The molecule has 0 saturated carbocycles. The normalized spacial score (nSPS) is 9.71. The first-order valence-electron chi connectivity index (χ1n) is 4.79. The minimum atomic E-state index is -1.03. The first kappa shape index (κ1) is 13.2. The quantitative estimate of drug-likeness (QED) is 0.868. The first-order valence-corrected chi connectivity index (χ1v) is 4.79. The van der Waals surface area contributed by atoms with Crippen molar-refractivity contribution in [3.63, 3.8) is 0 Å². The zero-order valence-electron chi connectivity index (χ0n) is 8.91. The van der Waals surface area contributed by atoms with Gasteiger partial charge in [0.05, 0.1) is 5.69 Å². The highest BCUT2D eigenvalue weighted by atomic mass is 35.5. The molecular weight excluding hydrogens is 242 g/mol. The van der Waals surface area contributed by atoms with Gasteiger partial charge in [0.25, 0.3) is 0 Å². The average Bonchev–Trinajstić information content (AvgIpc) is 2.78. The van der Waals surface area contributed by atoms with Crippen molar-refractivity contribution >= 4 is 18.4 Å². The fraction of sp³-hybridized carbons (Fsp3) is 0.0909. The Morgan fingerprint density at radius 3 is 2.76 bits per heavy atom. The summed E-state index contributed by atoms with van der Waals surface area (Å²) in [4.78, 5) is 10.7. The highest BCUT2D eigenvalue weighted by Gasteiger charge is 2.07. The van der Waals surface area contributed by atoms with E-state index in [2.05, 4.69) is 5.10 Å². The predicted octanol–water partition coefficient (Wildman–Crippen LogP) is 1.45. The number of halogens is 1. The molecule has 1 aromatic heterocycles. The van der Waals surface area contributed by atoms with Crippen LogP contribution in [0, 0.1) is 0 Å². The minimum Gasteiger partial charge on any atom is -0.476 e. The van der Waals surface area contributed by atoms with E-state index in [0.717, 1.165) is 11.3 Å². The molecule has 0 bridgehead atoms. The van der Waals surface area contributed by atoms with Crippen molar-refractivity contribution in [2.45, 2.75) is 6.54 Å². The Morgan fingerprint density at radius 1 is 1.41 bits per heavy atom. The van der Waals surface area contributed by atoms with Gasteiger partial charge >= 0.3 is 5.97 Å². The Labute approximate surface area is 104 Å². The lowest BCUT2D eigenvalue weighted by Gasteiger charge is -2.03. The maximum atomic E-state index is 10.7. The molecule has 5 nitrogen and oxygen atoms in total.